The maximum Gasteiger partial charge on any atom is 0.416 e. The first-order valence-electron chi connectivity index (χ1n) is 11.7. The number of hydrogen-bond donors (Lipinski definition) is 2. The number of esters is 1. The molecule has 0 spiro atoms. The normalized spacial score (nSPS) is 18.9. The maximum atomic E-state index is 13.0. The van der Waals surface area contributed by atoms with Gasteiger partial charge in [-0.1, -0.05) is 31.9 Å². The Morgan fingerprint density at radius 3 is 2.34 bits per heavy atom. The molecule has 1 fully saturated rings. The predicted octanol–water partition coefficient (Wildman–Crippen LogP) is 5.88. The van der Waals surface area contributed by atoms with Crippen LogP contribution >= 0.6 is 0 Å². The lowest BCUT2D eigenvalue weighted by Crippen LogP contribution is -2.44. The van der Waals surface area contributed by atoms with Crippen LogP contribution in [0.15, 0.2) is 48.5 Å². The standard InChI is InChI=1S/C26H31F3N2O4/c1-17-4-3-5-21(16-17)31-25(33)30-15-14-23(18-6-10-20(11-7-18)26(27,28)29)35-22-12-8-19(9-13-22)24(32)34-2/h6-13,17,21,23H,3-5,14-16H2,1-2H3,(H2,30,31,33). The molecule has 0 saturated heterocycles. The second kappa shape index (κ2) is 12.0. The number of benzene rings is 2. The van der Waals surface area contributed by atoms with Gasteiger partial charge in [0.05, 0.1) is 18.2 Å². The van der Waals surface area contributed by atoms with Crippen molar-refractivity contribution in [1.29, 1.82) is 0 Å². The van der Waals surface area contributed by atoms with Crippen LogP contribution in [0.4, 0.5) is 18.0 Å². The molecular weight excluding hydrogens is 461 g/mol. The maximum absolute atomic E-state index is 13.0. The molecule has 2 aromatic rings. The lowest BCUT2D eigenvalue weighted by Gasteiger charge is -2.27. The number of methoxy groups -OCH3 is 1. The molecule has 2 N–H and O–H groups in total. The number of rotatable bonds is 8. The van der Waals surface area contributed by atoms with Crippen LogP contribution in [0.25, 0.3) is 0 Å². The predicted molar refractivity (Wildman–Crippen MR) is 125 cm³/mol. The van der Waals surface area contributed by atoms with Gasteiger partial charge in [0.2, 0.25) is 0 Å². The Kier molecular flexibility index (Phi) is 9.01. The Morgan fingerprint density at radius 1 is 1.06 bits per heavy atom. The van der Waals surface area contributed by atoms with Gasteiger partial charge in [-0.3, -0.25) is 0 Å². The Morgan fingerprint density at radius 2 is 1.74 bits per heavy atom. The molecule has 1 aliphatic rings. The van der Waals surface area contributed by atoms with E-state index in [0.29, 0.717) is 29.2 Å². The van der Waals surface area contributed by atoms with E-state index >= 15 is 0 Å². The molecule has 190 valence electrons. The summed E-state index contributed by atoms with van der Waals surface area (Å²) in [5.41, 5.74) is 0.140. The van der Waals surface area contributed by atoms with E-state index in [1.807, 2.05) is 0 Å². The highest BCUT2D eigenvalue weighted by atomic mass is 19.4. The second-order valence-electron chi connectivity index (χ2n) is 8.90. The number of carbonyl (C=O) groups excluding carboxylic acids is 2. The molecule has 2 amide bonds. The smallest absolute Gasteiger partial charge is 0.416 e. The largest absolute Gasteiger partial charge is 0.486 e. The third-order valence-electron chi connectivity index (χ3n) is 6.13. The summed E-state index contributed by atoms with van der Waals surface area (Å²) in [5, 5.41) is 5.83. The van der Waals surface area contributed by atoms with Crippen LogP contribution < -0.4 is 15.4 Å². The van der Waals surface area contributed by atoms with E-state index in [4.69, 9.17) is 4.74 Å². The summed E-state index contributed by atoms with van der Waals surface area (Å²) >= 11 is 0. The van der Waals surface area contributed by atoms with Crippen molar-refractivity contribution < 1.29 is 32.2 Å². The summed E-state index contributed by atoms with van der Waals surface area (Å²) in [6.07, 6.45) is -0.551. The molecule has 3 unspecified atom stereocenters. The molecule has 3 rings (SSSR count). The molecular formula is C26H31F3N2O4. The summed E-state index contributed by atoms with van der Waals surface area (Å²) in [6.45, 7) is 2.44. The Labute approximate surface area is 203 Å². The SMILES string of the molecule is COC(=O)c1ccc(OC(CCNC(=O)NC2CCCC(C)C2)c2ccc(C(F)(F)F)cc2)cc1. The van der Waals surface area contributed by atoms with Gasteiger partial charge in [-0.15, -0.1) is 0 Å². The number of carbonyl (C=O) groups is 2. The minimum absolute atomic E-state index is 0.147. The van der Waals surface area contributed by atoms with E-state index in [1.165, 1.54) is 25.7 Å². The lowest BCUT2D eigenvalue weighted by atomic mass is 9.87. The van der Waals surface area contributed by atoms with Crippen LogP contribution in [0.5, 0.6) is 5.75 Å². The fourth-order valence-corrected chi connectivity index (χ4v) is 4.25. The molecule has 2 aromatic carbocycles. The molecule has 3 atom stereocenters. The topological polar surface area (TPSA) is 76.7 Å². The van der Waals surface area contributed by atoms with Crippen LogP contribution in [-0.2, 0) is 10.9 Å². The first kappa shape index (κ1) is 26.4. The third kappa shape index (κ3) is 7.90. The first-order valence-corrected chi connectivity index (χ1v) is 11.7. The minimum Gasteiger partial charge on any atom is -0.486 e. The molecule has 35 heavy (non-hydrogen) atoms. The fraction of sp³-hybridized carbons (Fsp3) is 0.462. The lowest BCUT2D eigenvalue weighted by molar-refractivity contribution is -0.137. The summed E-state index contributed by atoms with van der Waals surface area (Å²) in [7, 11) is 1.28. The average Bonchev–Trinajstić information content (AvgIpc) is 2.83. The zero-order valence-corrected chi connectivity index (χ0v) is 19.9. The highest BCUT2D eigenvalue weighted by Gasteiger charge is 2.30. The number of hydrogen-bond acceptors (Lipinski definition) is 4. The van der Waals surface area contributed by atoms with Crippen molar-refractivity contribution >= 4 is 12.0 Å². The zero-order chi connectivity index (χ0) is 25.4. The third-order valence-corrected chi connectivity index (χ3v) is 6.13. The van der Waals surface area contributed by atoms with Gasteiger partial charge in [0.1, 0.15) is 11.9 Å². The van der Waals surface area contributed by atoms with Crippen molar-refractivity contribution in [2.45, 2.75) is 57.3 Å². The highest BCUT2D eigenvalue weighted by Crippen LogP contribution is 2.32. The Hall–Kier alpha value is -3.23. The number of alkyl halides is 3. The summed E-state index contributed by atoms with van der Waals surface area (Å²) < 4.78 is 49.7. The quantitative estimate of drug-likeness (QED) is 0.451. The first-order chi connectivity index (χ1) is 16.7. The molecule has 0 bridgehead atoms. The minimum atomic E-state index is -4.44. The van der Waals surface area contributed by atoms with E-state index in [1.54, 1.807) is 24.3 Å². The highest BCUT2D eigenvalue weighted by molar-refractivity contribution is 5.89. The molecule has 6 nitrogen and oxygen atoms in total. The zero-order valence-electron chi connectivity index (χ0n) is 19.9. The van der Waals surface area contributed by atoms with Gasteiger partial charge >= 0.3 is 18.2 Å². The van der Waals surface area contributed by atoms with Gasteiger partial charge in [-0.25, -0.2) is 9.59 Å². The van der Waals surface area contributed by atoms with Gasteiger partial charge in [0, 0.05) is 19.0 Å². The number of halogens is 3. The average molecular weight is 493 g/mol. The summed E-state index contributed by atoms with van der Waals surface area (Å²) in [4.78, 5) is 24.0. The Bertz CT molecular complexity index is 978. The molecule has 1 saturated carbocycles. The number of amides is 2. The van der Waals surface area contributed by atoms with Gasteiger partial charge in [0.15, 0.2) is 0 Å². The van der Waals surface area contributed by atoms with E-state index in [2.05, 4.69) is 22.3 Å². The van der Waals surface area contributed by atoms with Gasteiger partial charge in [0.25, 0.3) is 0 Å². The van der Waals surface area contributed by atoms with Crippen molar-refractivity contribution in [3.63, 3.8) is 0 Å². The molecule has 0 radical (unpaired) electrons. The van der Waals surface area contributed by atoms with Crippen molar-refractivity contribution in [3.8, 4) is 5.75 Å². The van der Waals surface area contributed by atoms with Gasteiger partial charge in [-0.2, -0.15) is 13.2 Å². The monoisotopic (exact) mass is 492 g/mol. The van der Waals surface area contributed by atoms with E-state index in [9.17, 15) is 22.8 Å². The summed E-state index contributed by atoms with van der Waals surface area (Å²) in [6, 6.07) is 10.9. The van der Waals surface area contributed by atoms with E-state index in [0.717, 1.165) is 31.4 Å². The van der Waals surface area contributed by atoms with Crippen molar-refractivity contribution in [2.24, 2.45) is 5.92 Å². The van der Waals surface area contributed by atoms with Gasteiger partial charge < -0.3 is 20.1 Å². The van der Waals surface area contributed by atoms with Crippen molar-refractivity contribution in [3.05, 3.63) is 65.2 Å². The number of nitrogens with one attached hydrogen (secondary N) is 2. The Balaban J connectivity index is 1.65. The van der Waals surface area contributed by atoms with Crippen LogP contribution in [0, 0.1) is 5.92 Å². The van der Waals surface area contributed by atoms with E-state index < -0.39 is 23.8 Å². The number of ether oxygens (including phenoxy) is 2. The fourth-order valence-electron chi connectivity index (χ4n) is 4.25. The van der Waals surface area contributed by atoms with Crippen molar-refractivity contribution in [1.82, 2.24) is 10.6 Å². The molecule has 0 aliphatic heterocycles. The molecule has 9 heteroatoms. The van der Waals surface area contributed by atoms with E-state index in [-0.39, 0.29) is 18.6 Å². The van der Waals surface area contributed by atoms with Crippen LogP contribution in [0.1, 0.15) is 66.6 Å². The molecule has 1 aliphatic carbocycles. The summed E-state index contributed by atoms with van der Waals surface area (Å²) in [5.74, 6) is 0.527. The number of urea groups is 1. The molecule has 0 aromatic heterocycles. The second-order valence-corrected chi connectivity index (χ2v) is 8.90. The van der Waals surface area contributed by atoms with Gasteiger partial charge in [-0.05, 0) is 60.7 Å². The van der Waals surface area contributed by atoms with Crippen LogP contribution in [0.2, 0.25) is 0 Å². The molecule has 0 heterocycles. The van der Waals surface area contributed by atoms with Crippen LogP contribution in [0.3, 0.4) is 0 Å². The van der Waals surface area contributed by atoms with Crippen LogP contribution in [-0.4, -0.2) is 31.7 Å². The van der Waals surface area contributed by atoms with Crippen molar-refractivity contribution in [2.75, 3.05) is 13.7 Å².